The van der Waals surface area contributed by atoms with Crippen molar-refractivity contribution in [2.75, 3.05) is 0 Å². The molecular weight excluding hydrogens is 272 g/mol. The molecule has 22 heavy (non-hydrogen) atoms. The van der Waals surface area contributed by atoms with E-state index in [1.54, 1.807) is 11.0 Å². The highest BCUT2D eigenvalue weighted by Gasteiger charge is 2.05. The highest BCUT2D eigenvalue weighted by Crippen LogP contribution is 2.21. The summed E-state index contributed by atoms with van der Waals surface area (Å²) in [7, 11) is 0. The van der Waals surface area contributed by atoms with Crippen molar-refractivity contribution in [3.63, 3.8) is 0 Å². The van der Waals surface area contributed by atoms with Crippen molar-refractivity contribution in [3.05, 3.63) is 66.1 Å². The maximum absolute atomic E-state index is 4.55. The number of aromatic nitrogens is 3. The third-order valence-corrected chi connectivity index (χ3v) is 3.97. The molecule has 4 heteroatoms. The molecule has 0 saturated heterocycles. The second kappa shape index (κ2) is 5.15. The lowest BCUT2D eigenvalue weighted by atomic mass is 10.1. The Labute approximate surface area is 128 Å². The van der Waals surface area contributed by atoms with Crippen LogP contribution in [0.4, 0.5) is 0 Å². The van der Waals surface area contributed by atoms with Crippen LogP contribution in [0.1, 0.15) is 18.1 Å². The standard InChI is InChI=1S/C18H16N4/c1-2-13-6-5-7-15-14(10-19-18(13)15)11-21-22-12-20-16-8-3-4-9-17(16)22/h3-12,19H,2H2,1H3/b21-11+. The number of H-pyrrole nitrogens is 1. The number of aromatic amines is 1. The topological polar surface area (TPSA) is 46.0 Å². The van der Waals surface area contributed by atoms with Crippen molar-refractivity contribution in [3.8, 4) is 0 Å². The molecule has 0 bridgehead atoms. The van der Waals surface area contributed by atoms with E-state index in [0.717, 1.165) is 23.0 Å². The van der Waals surface area contributed by atoms with Gasteiger partial charge in [0.25, 0.3) is 0 Å². The Kier molecular flexibility index (Phi) is 3.00. The minimum Gasteiger partial charge on any atom is -0.360 e. The van der Waals surface area contributed by atoms with Gasteiger partial charge in [0.05, 0.1) is 17.2 Å². The Morgan fingerprint density at radius 2 is 2.09 bits per heavy atom. The van der Waals surface area contributed by atoms with Crippen LogP contribution in [0.3, 0.4) is 0 Å². The second-order valence-corrected chi connectivity index (χ2v) is 5.26. The molecule has 0 amide bonds. The Morgan fingerprint density at radius 1 is 1.18 bits per heavy atom. The van der Waals surface area contributed by atoms with Crippen LogP contribution in [0.5, 0.6) is 0 Å². The van der Waals surface area contributed by atoms with Gasteiger partial charge in [0.1, 0.15) is 6.33 Å². The lowest BCUT2D eigenvalue weighted by Crippen LogP contribution is -1.88. The lowest BCUT2D eigenvalue weighted by molar-refractivity contribution is 0.915. The van der Waals surface area contributed by atoms with Gasteiger partial charge in [-0.2, -0.15) is 5.10 Å². The van der Waals surface area contributed by atoms with Crippen LogP contribution in [0.15, 0.2) is 60.1 Å². The van der Waals surface area contributed by atoms with Gasteiger partial charge in [0.2, 0.25) is 0 Å². The minimum absolute atomic E-state index is 0.951. The Hall–Kier alpha value is -2.88. The Morgan fingerprint density at radius 3 is 3.00 bits per heavy atom. The molecule has 108 valence electrons. The molecule has 4 aromatic rings. The van der Waals surface area contributed by atoms with Crippen molar-refractivity contribution in [1.82, 2.24) is 14.6 Å². The van der Waals surface area contributed by atoms with Gasteiger partial charge in [0, 0.05) is 22.7 Å². The van der Waals surface area contributed by atoms with Crippen LogP contribution >= 0.6 is 0 Å². The fourth-order valence-electron chi connectivity index (χ4n) is 2.80. The normalized spacial score (nSPS) is 11.9. The number of nitrogens with zero attached hydrogens (tertiary/aromatic N) is 3. The van der Waals surface area contributed by atoms with Gasteiger partial charge in [-0.05, 0) is 24.1 Å². The van der Waals surface area contributed by atoms with E-state index in [0.29, 0.717) is 0 Å². The molecule has 1 N–H and O–H groups in total. The van der Waals surface area contributed by atoms with E-state index in [-0.39, 0.29) is 0 Å². The summed E-state index contributed by atoms with van der Waals surface area (Å²) in [6.07, 6.45) is 6.65. The fourth-order valence-corrected chi connectivity index (χ4v) is 2.80. The van der Waals surface area contributed by atoms with E-state index in [9.17, 15) is 0 Å². The fraction of sp³-hybridized carbons (Fsp3) is 0.111. The monoisotopic (exact) mass is 288 g/mol. The van der Waals surface area contributed by atoms with Crippen LogP contribution in [0, 0.1) is 0 Å². The van der Waals surface area contributed by atoms with Gasteiger partial charge in [-0.15, -0.1) is 0 Å². The molecule has 2 aromatic carbocycles. The maximum Gasteiger partial charge on any atom is 0.118 e. The number of rotatable bonds is 3. The summed E-state index contributed by atoms with van der Waals surface area (Å²) >= 11 is 0. The molecule has 0 spiro atoms. The molecule has 2 heterocycles. The first-order valence-electron chi connectivity index (χ1n) is 7.42. The second-order valence-electron chi connectivity index (χ2n) is 5.26. The van der Waals surface area contributed by atoms with Gasteiger partial charge in [0.15, 0.2) is 0 Å². The van der Waals surface area contributed by atoms with Crippen molar-refractivity contribution in [2.24, 2.45) is 5.10 Å². The van der Waals surface area contributed by atoms with Crippen molar-refractivity contribution >= 4 is 28.2 Å². The average molecular weight is 288 g/mol. The summed E-state index contributed by atoms with van der Waals surface area (Å²) in [6, 6.07) is 14.4. The molecule has 0 aliphatic heterocycles. The number of fused-ring (bicyclic) bond motifs is 2. The predicted molar refractivity (Wildman–Crippen MR) is 90.4 cm³/mol. The van der Waals surface area contributed by atoms with E-state index >= 15 is 0 Å². The minimum atomic E-state index is 0.951. The van der Waals surface area contributed by atoms with Gasteiger partial charge < -0.3 is 4.98 Å². The number of benzene rings is 2. The maximum atomic E-state index is 4.55. The van der Waals surface area contributed by atoms with Crippen LogP contribution in [-0.4, -0.2) is 20.9 Å². The molecule has 0 aliphatic carbocycles. The molecule has 4 rings (SSSR count). The molecule has 4 nitrogen and oxygen atoms in total. The number of para-hydroxylation sites is 3. The van der Waals surface area contributed by atoms with E-state index < -0.39 is 0 Å². The van der Waals surface area contributed by atoms with Gasteiger partial charge >= 0.3 is 0 Å². The molecular formula is C18H16N4. The van der Waals surface area contributed by atoms with E-state index in [2.05, 4.69) is 40.2 Å². The molecule has 0 radical (unpaired) electrons. The number of hydrogen-bond acceptors (Lipinski definition) is 2. The zero-order chi connectivity index (χ0) is 14.9. The zero-order valence-electron chi connectivity index (χ0n) is 12.3. The summed E-state index contributed by atoms with van der Waals surface area (Å²) in [5.41, 5.74) is 5.56. The molecule has 0 fully saturated rings. The molecule has 0 saturated carbocycles. The molecule has 2 aromatic heterocycles. The van der Waals surface area contributed by atoms with E-state index in [4.69, 9.17) is 0 Å². The summed E-state index contributed by atoms with van der Waals surface area (Å²) in [5.74, 6) is 0. The lowest BCUT2D eigenvalue weighted by Gasteiger charge is -1.99. The molecule has 0 atom stereocenters. The highest BCUT2D eigenvalue weighted by molar-refractivity contribution is 6.00. The predicted octanol–water partition coefficient (Wildman–Crippen LogP) is 3.96. The van der Waals surface area contributed by atoms with Crippen LogP contribution < -0.4 is 0 Å². The summed E-state index contributed by atoms with van der Waals surface area (Å²) in [5, 5.41) is 5.75. The smallest absolute Gasteiger partial charge is 0.118 e. The first kappa shape index (κ1) is 12.8. The number of aryl methyl sites for hydroxylation is 1. The average Bonchev–Trinajstić information content (AvgIpc) is 3.16. The first-order chi connectivity index (χ1) is 10.9. The largest absolute Gasteiger partial charge is 0.360 e. The van der Waals surface area contributed by atoms with Crippen LogP contribution in [0.2, 0.25) is 0 Å². The van der Waals surface area contributed by atoms with Crippen LogP contribution in [-0.2, 0) is 6.42 Å². The Balaban J connectivity index is 1.77. The number of imidazole rings is 1. The van der Waals surface area contributed by atoms with Crippen molar-refractivity contribution < 1.29 is 0 Å². The molecule has 0 unspecified atom stereocenters. The quantitative estimate of drug-likeness (QED) is 0.570. The summed E-state index contributed by atoms with van der Waals surface area (Å²) in [6.45, 7) is 2.17. The number of hydrogen-bond donors (Lipinski definition) is 1. The SMILES string of the molecule is CCc1cccc2c(/C=N/n3cnc4ccccc43)c[nH]c12. The Bertz CT molecular complexity index is 975. The van der Waals surface area contributed by atoms with Gasteiger partial charge in [-0.25, -0.2) is 9.66 Å². The van der Waals surface area contributed by atoms with Gasteiger partial charge in [-0.1, -0.05) is 37.3 Å². The molecule has 0 aliphatic rings. The first-order valence-corrected chi connectivity index (χ1v) is 7.42. The zero-order valence-corrected chi connectivity index (χ0v) is 12.3. The highest BCUT2D eigenvalue weighted by atomic mass is 15.4. The van der Waals surface area contributed by atoms with E-state index in [1.807, 2.05) is 36.7 Å². The third-order valence-electron chi connectivity index (χ3n) is 3.97. The van der Waals surface area contributed by atoms with Crippen molar-refractivity contribution in [2.45, 2.75) is 13.3 Å². The third kappa shape index (κ3) is 2.00. The van der Waals surface area contributed by atoms with Gasteiger partial charge in [-0.3, -0.25) is 0 Å². The summed E-state index contributed by atoms with van der Waals surface area (Å²) < 4.78 is 1.80. The van der Waals surface area contributed by atoms with E-state index in [1.165, 1.54) is 16.5 Å². The van der Waals surface area contributed by atoms with Crippen molar-refractivity contribution in [1.29, 1.82) is 0 Å². The summed E-state index contributed by atoms with van der Waals surface area (Å²) in [4.78, 5) is 7.71. The number of nitrogens with one attached hydrogen (secondary N) is 1. The van der Waals surface area contributed by atoms with Crippen LogP contribution in [0.25, 0.3) is 21.9 Å².